The molecule has 4 nitrogen and oxygen atoms in total. The highest BCUT2D eigenvalue weighted by Crippen LogP contribution is 2.39. The lowest BCUT2D eigenvalue weighted by atomic mass is 9.74. The molecule has 0 amide bonds. The van der Waals surface area contributed by atoms with Crippen LogP contribution >= 0.6 is 0 Å². The number of carbonyl (C=O) groups is 1. The number of hydrogen-bond donors (Lipinski definition) is 0. The van der Waals surface area contributed by atoms with Crippen LogP contribution in [0.15, 0.2) is 4.52 Å². The predicted molar refractivity (Wildman–Crippen MR) is 65.7 cm³/mol. The van der Waals surface area contributed by atoms with Crippen molar-refractivity contribution in [1.82, 2.24) is 10.1 Å². The summed E-state index contributed by atoms with van der Waals surface area (Å²) in [6.07, 6.45) is 0.248. The van der Waals surface area contributed by atoms with Crippen molar-refractivity contribution in [3.8, 4) is 0 Å². The predicted octanol–water partition coefficient (Wildman–Crippen LogP) is 2.99. The summed E-state index contributed by atoms with van der Waals surface area (Å²) >= 11 is 0. The van der Waals surface area contributed by atoms with E-state index in [0.717, 1.165) is 0 Å². The molecule has 0 spiro atoms. The van der Waals surface area contributed by atoms with Crippen LogP contribution in [-0.4, -0.2) is 15.9 Å². The smallest absolute Gasteiger partial charge is 0.230 e. The molecule has 1 heterocycles. The Hall–Kier alpha value is -1.19. The van der Waals surface area contributed by atoms with Crippen LogP contribution < -0.4 is 0 Å². The van der Waals surface area contributed by atoms with Crippen LogP contribution in [-0.2, 0) is 11.2 Å². The van der Waals surface area contributed by atoms with Gasteiger partial charge in [-0.25, -0.2) is 0 Å². The van der Waals surface area contributed by atoms with E-state index >= 15 is 0 Å². The Kier molecular flexibility index (Phi) is 4.07. The Balaban J connectivity index is 2.96. The Labute approximate surface area is 103 Å². The zero-order valence-electron chi connectivity index (χ0n) is 11.6. The van der Waals surface area contributed by atoms with Crippen LogP contribution in [0, 0.1) is 11.3 Å². The van der Waals surface area contributed by atoms with Gasteiger partial charge in [0, 0.05) is 5.92 Å². The van der Waals surface area contributed by atoms with E-state index in [0.29, 0.717) is 17.6 Å². The van der Waals surface area contributed by atoms with Crippen molar-refractivity contribution in [2.24, 2.45) is 11.3 Å². The van der Waals surface area contributed by atoms with Crippen LogP contribution in [0.2, 0.25) is 0 Å². The highest BCUT2D eigenvalue weighted by Gasteiger charge is 2.33. The summed E-state index contributed by atoms with van der Waals surface area (Å²) in [5.74, 6) is 1.80. The first kappa shape index (κ1) is 13.9. The van der Waals surface area contributed by atoms with Gasteiger partial charge in [-0.05, 0) is 18.3 Å². The standard InChI is InChI=1S/C13H22N2O2/c1-8(2)11(13(4,5)6)12-14-10(15-17-12)7-9(3)16/h8,11H,7H2,1-6H3. The fourth-order valence-corrected chi connectivity index (χ4v) is 2.34. The maximum Gasteiger partial charge on any atom is 0.230 e. The molecule has 96 valence electrons. The van der Waals surface area contributed by atoms with Crippen molar-refractivity contribution in [3.05, 3.63) is 11.7 Å². The molecule has 0 aromatic carbocycles. The largest absolute Gasteiger partial charge is 0.339 e. The number of hydrogen-bond acceptors (Lipinski definition) is 4. The molecule has 1 atom stereocenters. The summed E-state index contributed by atoms with van der Waals surface area (Å²) in [7, 11) is 0. The molecule has 17 heavy (non-hydrogen) atoms. The molecule has 0 aliphatic heterocycles. The monoisotopic (exact) mass is 238 g/mol. The van der Waals surface area contributed by atoms with Crippen molar-refractivity contribution in [2.45, 2.75) is 53.9 Å². The molecule has 0 fully saturated rings. The second-order valence-electron chi connectivity index (χ2n) is 6.02. The van der Waals surface area contributed by atoms with E-state index < -0.39 is 0 Å². The molecule has 1 aromatic heterocycles. The van der Waals surface area contributed by atoms with Gasteiger partial charge >= 0.3 is 0 Å². The minimum absolute atomic E-state index is 0.0502. The third-order valence-corrected chi connectivity index (χ3v) is 2.76. The number of ketones is 1. The molecule has 1 unspecified atom stereocenters. The average Bonchev–Trinajstić information content (AvgIpc) is 2.47. The number of Topliss-reactive ketones (excluding diaryl/α,β-unsaturated/α-hetero) is 1. The number of carbonyl (C=O) groups excluding carboxylic acids is 1. The lowest BCUT2D eigenvalue weighted by Crippen LogP contribution is -2.23. The fraction of sp³-hybridized carbons (Fsp3) is 0.769. The highest BCUT2D eigenvalue weighted by molar-refractivity contribution is 5.77. The lowest BCUT2D eigenvalue weighted by molar-refractivity contribution is -0.116. The SMILES string of the molecule is CC(=O)Cc1noc(C(C(C)C)C(C)(C)C)n1. The topological polar surface area (TPSA) is 56.0 Å². The fourth-order valence-electron chi connectivity index (χ4n) is 2.34. The third-order valence-electron chi connectivity index (χ3n) is 2.76. The van der Waals surface area contributed by atoms with Gasteiger partial charge in [-0.1, -0.05) is 39.8 Å². The number of aromatic nitrogens is 2. The van der Waals surface area contributed by atoms with Crippen molar-refractivity contribution in [2.75, 3.05) is 0 Å². The van der Waals surface area contributed by atoms with E-state index in [9.17, 15) is 4.79 Å². The third kappa shape index (κ3) is 3.65. The molecule has 0 N–H and O–H groups in total. The number of rotatable bonds is 4. The zero-order chi connectivity index (χ0) is 13.2. The molecule has 0 aliphatic rings. The van der Waals surface area contributed by atoms with Crippen molar-refractivity contribution in [1.29, 1.82) is 0 Å². The van der Waals surface area contributed by atoms with E-state index in [1.165, 1.54) is 6.92 Å². The van der Waals surface area contributed by atoms with Gasteiger partial charge in [-0.2, -0.15) is 4.98 Å². The molecule has 1 aromatic rings. The molecular weight excluding hydrogens is 216 g/mol. The first-order valence-electron chi connectivity index (χ1n) is 6.03. The van der Waals surface area contributed by atoms with Gasteiger partial charge < -0.3 is 4.52 Å². The van der Waals surface area contributed by atoms with Gasteiger partial charge in [-0.15, -0.1) is 0 Å². The van der Waals surface area contributed by atoms with Crippen molar-refractivity contribution >= 4 is 5.78 Å². The normalized spacial score (nSPS) is 14.1. The molecule has 4 heteroatoms. The molecule has 0 saturated heterocycles. The minimum atomic E-state index is 0.0502. The Bertz CT molecular complexity index is 388. The molecule has 0 bridgehead atoms. The maximum atomic E-state index is 11.0. The van der Waals surface area contributed by atoms with E-state index in [-0.39, 0.29) is 23.5 Å². The second kappa shape index (κ2) is 4.98. The van der Waals surface area contributed by atoms with Crippen LogP contribution in [0.3, 0.4) is 0 Å². The average molecular weight is 238 g/mol. The summed E-state index contributed by atoms with van der Waals surface area (Å²) in [5, 5.41) is 3.87. The quantitative estimate of drug-likeness (QED) is 0.809. The van der Waals surface area contributed by atoms with Crippen LogP contribution in [0.5, 0.6) is 0 Å². The summed E-state index contributed by atoms with van der Waals surface area (Å²) in [4.78, 5) is 15.3. The zero-order valence-corrected chi connectivity index (χ0v) is 11.6. The first-order chi connectivity index (χ1) is 7.71. The van der Waals surface area contributed by atoms with E-state index in [2.05, 4.69) is 44.8 Å². The Morgan fingerprint density at radius 2 is 1.94 bits per heavy atom. The van der Waals surface area contributed by atoms with Crippen molar-refractivity contribution < 1.29 is 9.32 Å². The number of nitrogens with zero attached hydrogens (tertiary/aromatic N) is 2. The summed E-state index contributed by atoms with van der Waals surface area (Å²) < 4.78 is 5.30. The van der Waals surface area contributed by atoms with E-state index in [1.54, 1.807) is 0 Å². The highest BCUT2D eigenvalue weighted by atomic mass is 16.5. The lowest BCUT2D eigenvalue weighted by Gasteiger charge is -2.30. The van der Waals surface area contributed by atoms with E-state index in [4.69, 9.17) is 4.52 Å². The van der Waals surface area contributed by atoms with Gasteiger partial charge in [0.25, 0.3) is 0 Å². The van der Waals surface area contributed by atoms with Gasteiger partial charge in [0.05, 0.1) is 6.42 Å². The van der Waals surface area contributed by atoms with Gasteiger partial charge in [-0.3, -0.25) is 4.79 Å². The summed E-state index contributed by atoms with van der Waals surface area (Å²) in [6, 6.07) is 0. The molecule has 0 radical (unpaired) electrons. The second-order valence-corrected chi connectivity index (χ2v) is 6.02. The van der Waals surface area contributed by atoms with Gasteiger partial charge in [0.15, 0.2) is 5.82 Å². The van der Waals surface area contributed by atoms with Crippen LogP contribution in [0.4, 0.5) is 0 Å². The van der Waals surface area contributed by atoms with Crippen molar-refractivity contribution in [3.63, 3.8) is 0 Å². The first-order valence-corrected chi connectivity index (χ1v) is 6.03. The molecular formula is C13H22N2O2. The van der Waals surface area contributed by atoms with Gasteiger partial charge in [0.1, 0.15) is 5.78 Å². The van der Waals surface area contributed by atoms with E-state index in [1.807, 2.05) is 0 Å². The summed E-state index contributed by atoms with van der Waals surface area (Å²) in [5.41, 5.74) is 0.0637. The Morgan fingerprint density at radius 3 is 2.35 bits per heavy atom. The summed E-state index contributed by atoms with van der Waals surface area (Å²) in [6.45, 7) is 12.3. The molecule has 1 rings (SSSR count). The van der Waals surface area contributed by atoms with Gasteiger partial charge in [0.2, 0.25) is 5.89 Å². The molecule has 0 saturated carbocycles. The minimum Gasteiger partial charge on any atom is -0.339 e. The van der Waals surface area contributed by atoms with Crippen LogP contribution in [0.1, 0.15) is 59.2 Å². The molecule has 0 aliphatic carbocycles. The maximum absolute atomic E-state index is 11.0. The van der Waals surface area contributed by atoms with Crippen LogP contribution in [0.25, 0.3) is 0 Å². The Morgan fingerprint density at radius 1 is 1.35 bits per heavy atom.